The zero-order chi connectivity index (χ0) is 14.2. The first-order chi connectivity index (χ1) is 8.76. The summed E-state index contributed by atoms with van der Waals surface area (Å²) >= 11 is 5.76. The second kappa shape index (κ2) is 5.26. The summed E-state index contributed by atoms with van der Waals surface area (Å²) in [6.45, 7) is 2.15. The molecule has 1 aliphatic heterocycles. The van der Waals surface area contributed by atoms with Crippen LogP contribution in [0.3, 0.4) is 0 Å². The molecule has 1 aliphatic rings. The maximum Gasteiger partial charge on any atom is 0.232 e. The molecule has 8 heteroatoms. The molecule has 0 saturated carbocycles. The number of hydrogen-bond donors (Lipinski definition) is 0. The zero-order valence-electron chi connectivity index (χ0n) is 10.1. The first-order valence-corrected chi connectivity index (χ1v) is 8.47. The predicted octanol–water partition coefficient (Wildman–Crippen LogP) is 1.96. The molecule has 1 fully saturated rings. The third kappa shape index (κ3) is 3.58. The van der Waals surface area contributed by atoms with Crippen LogP contribution >= 0.6 is 22.3 Å². The fraction of sp³-hybridized carbons (Fsp3) is 0.455. The van der Waals surface area contributed by atoms with Gasteiger partial charge in [0.2, 0.25) is 15.0 Å². The van der Waals surface area contributed by atoms with Gasteiger partial charge in [-0.3, -0.25) is 4.79 Å². The molecule has 104 valence electrons. The van der Waals surface area contributed by atoms with E-state index in [9.17, 15) is 13.2 Å². The molecule has 1 aromatic heterocycles. The molecule has 0 radical (unpaired) electrons. The monoisotopic (exact) mass is 322 g/mol. The molecule has 2 rings (SSSR count). The van der Waals surface area contributed by atoms with Crippen LogP contribution in [0.4, 0.5) is 5.69 Å². The number of rotatable bonds is 3. The smallest absolute Gasteiger partial charge is 0.232 e. The molecule has 1 atom stereocenters. The summed E-state index contributed by atoms with van der Waals surface area (Å²) in [6, 6.07) is 1.66. The Balaban J connectivity index is 2.20. The maximum absolute atomic E-state index is 11.9. The van der Waals surface area contributed by atoms with Crippen LogP contribution < -0.4 is 4.90 Å². The van der Waals surface area contributed by atoms with Gasteiger partial charge in [-0.2, -0.15) is 0 Å². The van der Waals surface area contributed by atoms with Crippen LogP contribution in [-0.4, -0.2) is 31.6 Å². The first-order valence-electron chi connectivity index (χ1n) is 5.61. The summed E-state index contributed by atoms with van der Waals surface area (Å²) in [5, 5.41) is 0.354. The number of hydrogen-bond acceptors (Lipinski definition) is 4. The van der Waals surface area contributed by atoms with E-state index in [0.717, 1.165) is 5.56 Å². The molecule has 19 heavy (non-hydrogen) atoms. The van der Waals surface area contributed by atoms with E-state index in [1.807, 2.05) is 6.92 Å². The van der Waals surface area contributed by atoms with Crippen molar-refractivity contribution in [2.45, 2.75) is 13.3 Å². The van der Waals surface area contributed by atoms with Crippen molar-refractivity contribution in [3.63, 3.8) is 0 Å². The van der Waals surface area contributed by atoms with Crippen molar-refractivity contribution in [1.29, 1.82) is 0 Å². The summed E-state index contributed by atoms with van der Waals surface area (Å²) in [7, 11) is 1.62. The van der Waals surface area contributed by atoms with Crippen molar-refractivity contribution >= 4 is 42.9 Å². The van der Waals surface area contributed by atoms with Gasteiger partial charge in [0.05, 0.1) is 17.6 Å². The van der Waals surface area contributed by atoms with Gasteiger partial charge in [-0.15, -0.1) is 0 Å². The quantitative estimate of drug-likeness (QED) is 0.630. The highest BCUT2D eigenvalue weighted by Crippen LogP contribution is 2.29. The number of anilines is 1. The van der Waals surface area contributed by atoms with E-state index in [-0.39, 0.29) is 24.0 Å². The normalized spacial score (nSPS) is 20.1. The second-order valence-electron chi connectivity index (χ2n) is 4.57. The van der Waals surface area contributed by atoms with Crippen molar-refractivity contribution in [3.8, 4) is 0 Å². The van der Waals surface area contributed by atoms with E-state index >= 15 is 0 Å². The Morgan fingerprint density at radius 1 is 1.53 bits per heavy atom. The molecule has 0 bridgehead atoms. The molecule has 1 amide bonds. The highest BCUT2D eigenvalue weighted by molar-refractivity contribution is 8.13. The molecular formula is C11H12Cl2N2O3S. The fourth-order valence-corrected chi connectivity index (χ4v) is 3.74. The molecule has 0 aliphatic carbocycles. The Morgan fingerprint density at radius 3 is 2.79 bits per heavy atom. The Hall–Kier alpha value is -0.850. The highest BCUT2D eigenvalue weighted by Gasteiger charge is 2.33. The van der Waals surface area contributed by atoms with Crippen molar-refractivity contribution in [1.82, 2.24) is 4.98 Å². The molecule has 1 saturated heterocycles. The van der Waals surface area contributed by atoms with Crippen LogP contribution in [0.1, 0.15) is 12.0 Å². The van der Waals surface area contributed by atoms with Gasteiger partial charge < -0.3 is 4.90 Å². The van der Waals surface area contributed by atoms with Crippen LogP contribution in [0.2, 0.25) is 5.15 Å². The van der Waals surface area contributed by atoms with Crippen LogP contribution in [0.5, 0.6) is 0 Å². The lowest BCUT2D eigenvalue weighted by molar-refractivity contribution is -0.117. The van der Waals surface area contributed by atoms with Crippen LogP contribution in [-0.2, 0) is 13.8 Å². The Morgan fingerprint density at radius 2 is 2.21 bits per heavy atom. The lowest BCUT2D eigenvalue weighted by Crippen LogP contribution is -2.26. The van der Waals surface area contributed by atoms with Gasteiger partial charge in [0, 0.05) is 29.6 Å². The highest BCUT2D eigenvalue weighted by atomic mass is 35.7. The van der Waals surface area contributed by atoms with E-state index in [0.29, 0.717) is 17.4 Å². The average molecular weight is 323 g/mol. The average Bonchev–Trinajstić information content (AvgIpc) is 2.56. The minimum Gasteiger partial charge on any atom is -0.310 e. The van der Waals surface area contributed by atoms with Crippen LogP contribution in [0.25, 0.3) is 0 Å². The van der Waals surface area contributed by atoms with Crippen molar-refractivity contribution in [2.24, 2.45) is 5.92 Å². The summed E-state index contributed by atoms with van der Waals surface area (Å²) in [6.07, 6.45) is 1.70. The molecule has 1 aromatic rings. The first kappa shape index (κ1) is 14.6. The molecule has 0 aromatic carbocycles. The van der Waals surface area contributed by atoms with Crippen LogP contribution in [0.15, 0.2) is 12.3 Å². The number of amides is 1. The van der Waals surface area contributed by atoms with Crippen molar-refractivity contribution in [3.05, 3.63) is 23.0 Å². The van der Waals surface area contributed by atoms with Crippen LogP contribution in [0, 0.1) is 12.8 Å². The minimum absolute atomic E-state index is 0.127. The zero-order valence-corrected chi connectivity index (χ0v) is 12.5. The van der Waals surface area contributed by atoms with Crippen molar-refractivity contribution in [2.75, 3.05) is 17.2 Å². The van der Waals surface area contributed by atoms with E-state index in [1.54, 1.807) is 6.07 Å². The molecular weight excluding hydrogens is 311 g/mol. The number of halogens is 2. The van der Waals surface area contributed by atoms with E-state index in [1.165, 1.54) is 11.1 Å². The van der Waals surface area contributed by atoms with Gasteiger partial charge >= 0.3 is 0 Å². The van der Waals surface area contributed by atoms with Gasteiger partial charge in [-0.05, 0) is 18.6 Å². The molecule has 2 heterocycles. The number of aryl methyl sites for hydroxylation is 1. The number of carbonyl (C=O) groups excluding carboxylic acids is 1. The molecule has 1 unspecified atom stereocenters. The Kier molecular flexibility index (Phi) is 4.03. The molecule has 5 nitrogen and oxygen atoms in total. The summed E-state index contributed by atoms with van der Waals surface area (Å²) in [4.78, 5) is 17.4. The minimum atomic E-state index is -3.60. The third-order valence-electron chi connectivity index (χ3n) is 2.98. The van der Waals surface area contributed by atoms with Crippen molar-refractivity contribution < 1.29 is 13.2 Å². The predicted molar refractivity (Wildman–Crippen MR) is 74.1 cm³/mol. The van der Waals surface area contributed by atoms with Gasteiger partial charge in [-0.25, -0.2) is 13.4 Å². The van der Waals surface area contributed by atoms with E-state index in [4.69, 9.17) is 22.3 Å². The van der Waals surface area contributed by atoms with Gasteiger partial charge in [-0.1, -0.05) is 11.6 Å². The molecule has 0 N–H and O–H groups in total. The summed E-state index contributed by atoms with van der Waals surface area (Å²) in [5.41, 5.74) is 1.48. The summed E-state index contributed by atoms with van der Waals surface area (Å²) in [5.74, 6) is -0.612. The number of nitrogens with zero attached hydrogens (tertiary/aromatic N) is 2. The maximum atomic E-state index is 11.9. The third-order valence-corrected chi connectivity index (χ3v) is 4.43. The van der Waals surface area contributed by atoms with Gasteiger partial charge in [0.25, 0.3) is 0 Å². The summed E-state index contributed by atoms with van der Waals surface area (Å²) < 4.78 is 22.1. The SMILES string of the molecule is Cc1cc(Cl)ncc1N1CC(CS(=O)(=O)Cl)CC1=O. The Bertz CT molecular complexity index is 618. The number of pyridine rings is 1. The van der Waals surface area contributed by atoms with Gasteiger partial charge in [0.1, 0.15) is 5.15 Å². The number of carbonyl (C=O) groups is 1. The largest absolute Gasteiger partial charge is 0.310 e. The lowest BCUT2D eigenvalue weighted by atomic mass is 10.1. The lowest BCUT2D eigenvalue weighted by Gasteiger charge is -2.18. The topological polar surface area (TPSA) is 67.3 Å². The number of aromatic nitrogens is 1. The second-order valence-corrected chi connectivity index (χ2v) is 7.78. The van der Waals surface area contributed by atoms with E-state index in [2.05, 4.69) is 4.98 Å². The molecule has 0 spiro atoms. The van der Waals surface area contributed by atoms with E-state index < -0.39 is 9.05 Å². The fourth-order valence-electron chi connectivity index (χ4n) is 2.20. The van der Waals surface area contributed by atoms with Gasteiger partial charge in [0.15, 0.2) is 0 Å². The standard InChI is InChI=1S/C11H12Cl2N2O3S/c1-7-2-10(12)14-4-9(7)15-5-8(3-11(15)16)6-19(13,17)18/h2,4,8H,3,5-6H2,1H3. The Labute approximate surface area is 120 Å².